The third-order valence-electron chi connectivity index (χ3n) is 3.48. The minimum absolute atomic E-state index is 0.237. The minimum Gasteiger partial charge on any atom is -0.390 e. The second-order valence-corrected chi connectivity index (χ2v) is 5.10. The standard InChI is InChI=1S/C15H24N2O/c18-15(13-17-10-4-5-11-17)12-16-9-8-14-6-2-1-3-7-14/h1-3,6-7,15-16,18H,4-5,8-13H2/t15-/m0/s1. The first-order valence-corrected chi connectivity index (χ1v) is 6.99. The van der Waals surface area contributed by atoms with Crippen molar-refractivity contribution in [1.82, 2.24) is 10.2 Å². The summed E-state index contributed by atoms with van der Waals surface area (Å²) >= 11 is 0. The van der Waals surface area contributed by atoms with E-state index in [9.17, 15) is 5.11 Å². The lowest BCUT2D eigenvalue weighted by molar-refractivity contribution is 0.124. The Labute approximate surface area is 110 Å². The zero-order chi connectivity index (χ0) is 12.6. The van der Waals surface area contributed by atoms with Gasteiger partial charge in [-0.2, -0.15) is 0 Å². The molecule has 18 heavy (non-hydrogen) atoms. The molecule has 1 aliphatic heterocycles. The molecule has 2 rings (SSSR count). The van der Waals surface area contributed by atoms with Gasteiger partial charge in [0.25, 0.3) is 0 Å². The summed E-state index contributed by atoms with van der Waals surface area (Å²) in [7, 11) is 0. The van der Waals surface area contributed by atoms with Crippen molar-refractivity contribution < 1.29 is 5.11 Å². The molecule has 1 aromatic carbocycles. The quantitative estimate of drug-likeness (QED) is 0.714. The molecule has 3 heteroatoms. The van der Waals surface area contributed by atoms with Gasteiger partial charge in [0.2, 0.25) is 0 Å². The molecule has 0 bridgehead atoms. The molecule has 0 radical (unpaired) electrons. The number of nitrogens with zero attached hydrogens (tertiary/aromatic N) is 1. The molecule has 0 aliphatic carbocycles. The fourth-order valence-corrected chi connectivity index (χ4v) is 2.47. The fourth-order valence-electron chi connectivity index (χ4n) is 2.47. The van der Waals surface area contributed by atoms with E-state index in [2.05, 4.69) is 34.5 Å². The van der Waals surface area contributed by atoms with E-state index < -0.39 is 0 Å². The van der Waals surface area contributed by atoms with Gasteiger partial charge in [-0.15, -0.1) is 0 Å². The van der Waals surface area contributed by atoms with Crippen LogP contribution in [0.25, 0.3) is 0 Å². The molecule has 1 fully saturated rings. The van der Waals surface area contributed by atoms with E-state index in [4.69, 9.17) is 0 Å². The summed E-state index contributed by atoms with van der Waals surface area (Å²) in [5.41, 5.74) is 1.35. The number of nitrogens with one attached hydrogen (secondary N) is 1. The Morgan fingerprint density at radius 2 is 1.89 bits per heavy atom. The maximum atomic E-state index is 9.90. The average Bonchev–Trinajstić information content (AvgIpc) is 2.89. The number of aliphatic hydroxyl groups excluding tert-OH is 1. The highest BCUT2D eigenvalue weighted by atomic mass is 16.3. The number of benzene rings is 1. The predicted molar refractivity (Wildman–Crippen MR) is 74.7 cm³/mol. The van der Waals surface area contributed by atoms with Gasteiger partial charge in [-0.25, -0.2) is 0 Å². The third-order valence-corrected chi connectivity index (χ3v) is 3.48. The van der Waals surface area contributed by atoms with Crippen LogP contribution in [0.5, 0.6) is 0 Å². The number of likely N-dealkylation sites (tertiary alicyclic amines) is 1. The van der Waals surface area contributed by atoms with Crippen LogP contribution in [0.15, 0.2) is 30.3 Å². The normalized spacial score (nSPS) is 18.1. The highest BCUT2D eigenvalue weighted by Gasteiger charge is 2.15. The third kappa shape index (κ3) is 4.77. The van der Waals surface area contributed by atoms with Crippen LogP contribution in [-0.4, -0.2) is 48.8 Å². The van der Waals surface area contributed by atoms with Gasteiger partial charge in [0, 0.05) is 13.1 Å². The summed E-state index contributed by atoms with van der Waals surface area (Å²) in [5.74, 6) is 0. The second-order valence-electron chi connectivity index (χ2n) is 5.10. The molecule has 1 heterocycles. The summed E-state index contributed by atoms with van der Waals surface area (Å²) in [6.45, 7) is 4.75. The number of rotatable bonds is 7. The Morgan fingerprint density at radius 3 is 2.61 bits per heavy atom. The number of hydrogen-bond donors (Lipinski definition) is 2. The highest BCUT2D eigenvalue weighted by molar-refractivity contribution is 5.14. The van der Waals surface area contributed by atoms with Gasteiger partial charge in [0.15, 0.2) is 0 Å². The van der Waals surface area contributed by atoms with Crippen LogP contribution in [0.3, 0.4) is 0 Å². The van der Waals surface area contributed by atoms with Gasteiger partial charge < -0.3 is 15.3 Å². The van der Waals surface area contributed by atoms with Crippen molar-refractivity contribution in [1.29, 1.82) is 0 Å². The molecular weight excluding hydrogens is 224 g/mol. The van der Waals surface area contributed by atoms with Gasteiger partial charge >= 0.3 is 0 Å². The molecule has 1 aromatic rings. The Morgan fingerprint density at radius 1 is 1.17 bits per heavy atom. The summed E-state index contributed by atoms with van der Waals surface area (Å²) < 4.78 is 0. The molecule has 100 valence electrons. The van der Waals surface area contributed by atoms with Crippen LogP contribution in [0, 0.1) is 0 Å². The van der Waals surface area contributed by atoms with Crippen molar-refractivity contribution in [2.75, 3.05) is 32.7 Å². The lowest BCUT2D eigenvalue weighted by Gasteiger charge is -2.19. The van der Waals surface area contributed by atoms with Gasteiger partial charge in [-0.1, -0.05) is 30.3 Å². The van der Waals surface area contributed by atoms with Crippen molar-refractivity contribution in [3.63, 3.8) is 0 Å². The molecule has 1 saturated heterocycles. The molecule has 1 atom stereocenters. The SMILES string of the molecule is O[C@@H](CNCCc1ccccc1)CN1CCCC1. The van der Waals surface area contributed by atoms with E-state index in [0.29, 0.717) is 6.54 Å². The number of β-amino-alcohol motifs (C(OH)–C–C–N with tert-alkyl or cyclic N) is 1. The van der Waals surface area contributed by atoms with Gasteiger partial charge in [0.05, 0.1) is 6.10 Å². The minimum atomic E-state index is -0.237. The fraction of sp³-hybridized carbons (Fsp3) is 0.600. The summed E-state index contributed by atoms with van der Waals surface area (Å²) in [5, 5.41) is 13.2. The molecule has 0 aromatic heterocycles. The Bertz CT molecular complexity index is 323. The van der Waals surface area contributed by atoms with Crippen LogP contribution >= 0.6 is 0 Å². The van der Waals surface area contributed by atoms with Crippen molar-refractivity contribution in [2.45, 2.75) is 25.4 Å². The zero-order valence-electron chi connectivity index (χ0n) is 11.0. The van der Waals surface area contributed by atoms with Crippen molar-refractivity contribution in [3.8, 4) is 0 Å². The summed E-state index contributed by atoms with van der Waals surface area (Å²) in [4.78, 5) is 2.35. The Kier molecular flexibility index (Phi) is 5.65. The van der Waals surface area contributed by atoms with Gasteiger partial charge in [0.1, 0.15) is 0 Å². The van der Waals surface area contributed by atoms with E-state index >= 15 is 0 Å². The molecule has 2 N–H and O–H groups in total. The Hall–Kier alpha value is -0.900. The topological polar surface area (TPSA) is 35.5 Å². The van der Waals surface area contributed by atoms with Crippen LogP contribution < -0.4 is 5.32 Å². The molecule has 0 saturated carbocycles. The lowest BCUT2D eigenvalue weighted by Crippen LogP contribution is -2.37. The van der Waals surface area contributed by atoms with E-state index in [1.165, 1.54) is 18.4 Å². The first-order valence-electron chi connectivity index (χ1n) is 6.99. The molecule has 0 amide bonds. The first-order chi connectivity index (χ1) is 8.84. The van der Waals surface area contributed by atoms with Gasteiger partial charge in [-0.05, 0) is 44.5 Å². The second kappa shape index (κ2) is 7.52. The summed E-state index contributed by atoms with van der Waals surface area (Å²) in [6, 6.07) is 10.5. The van der Waals surface area contributed by atoms with E-state index in [1.54, 1.807) is 0 Å². The van der Waals surface area contributed by atoms with Crippen molar-refractivity contribution in [2.24, 2.45) is 0 Å². The molecule has 0 spiro atoms. The predicted octanol–water partition coefficient (Wildman–Crippen LogP) is 1.28. The van der Waals surface area contributed by atoms with Crippen molar-refractivity contribution >= 4 is 0 Å². The average molecular weight is 248 g/mol. The van der Waals surface area contributed by atoms with E-state index in [-0.39, 0.29) is 6.10 Å². The maximum Gasteiger partial charge on any atom is 0.0791 e. The van der Waals surface area contributed by atoms with E-state index in [0.717, 1.165) is 32.6 Å². The van der Waals surface area contributed by atoms with E-state index in [1.807, 2.05) is 6.07 Å². The molecule has 0 unspecified atom stereocenters. The Balaban J connectivity index is 1.54. The molecule has 1 aliphatic rings. The lowest BCUT2D eigenvalue weighted by atomic mass is 10.1. The number of hydrogen-bond acceptors (Lipinski definition) is 3. The van der Waals surface area contributed by atoms with Crippen LogP contribution in [-0.2, 0) is 6.42 Å². The maximum absolute atomic E-state index is 9.90. The monoisotopic (exact) mass is 248 g/mol. The largest absolute Gasteiger partial charge is 0.390 e. The first kappa shape index (κ1) is 13.5. The molecule has 3 nitrogen and oxygen atoms in total. The zero-order valence-corrected chi connectivity index (χ0v) is 11.0. The number of aliphatic hydroxyl groups is 1. The van der Waals surface area contributed by atoms with Crippen molar-refractivity contribution in [3.05, 3.63) is 35.9 Å². The smallest absolute Gasteiger partial charge is 0.0791 e. The van der Waals surface area contributed by atoms with Crippen LogP contribution in [0.1, 0.15) is 18.4 Å². The van der Waals surface area contributed by atoms with Gasteiger partial charge in [-0.3, -0.25) is 0 Å². The molecular formula is C15H24N2O. The van der Waals surface area contributed by atoms with Crippen LogP contribution in [0.2, 0.25) is 0 Å². The van der Waals surface area contributed by atoms with Crippen LogP contribution in [0.4, 0.5) is 0 Å². The highest BCUT2D eigenvalue weighted by Crippen LogP contribution is 2.07. The summed E-state index contributed by atoms with van der Waals surface area (Å²) in [6.07, 6.45) is 3.36.